The molecule has 0 radical (unpaired) electrons. The summed E-state index contributed by atoms with van der Waals surface area (Å²) in [6.45, 7) is 6.34. The van der Waals surface area contributed by atoms with Crippen LogP contribution in [0.1, 0.15) is 71.2 Å². The minimum atomic E-state index is -0.975. The topological polar surface area (TPSA) is 141 Å². The Hall–Kier alpha value is -5.36. The molecule has 5 heterocycles. The molecule has 13 nitrogen and oxygen atoms in total. The molecule has 9 rings (SSSR count). The number of carbonyl (C=O) groups excluding carboxylic acids is 5. The van der Waals surface area contributed by atoms with Crippen molar-refractivity contribution in [3.63, 3.8) is 0 Å². The first kappa shape index (κ1) is 37.2. The van der Waals surface area contributed by atoms with Crippen molar-refractivity contribution < 1.29 is 24.0 Å². The van der Waals surface area contributed by atoms with E-state index in [0.717, 1.165) is 99.9 Å². The van der Waals surface area contributed by atoms with E-state index in [-0.39, 0.29) is 23.8 Å². The normalized spacial score (nSPS) is 22.7. The number of carbonyl (C=O) groups is 5. The molecule has 1 spiro atoms. The van der Waals surface area contributed by atoms with Crippen molar-refractivity contribution in [3.05, 3.63) is 82.4 Å². The average Bonchev–Trinajstić information content (AvgIpc) is 3.59. The zero-order chi connectivity index (χ0) is 39.6. The molecular formula is C42H41ClN8O5S. The van der Waals surface area contributed by atoms with Gasteiger partial charge in [-0.25, -0.2) is 0 Å². The quantitative estimate of drug-likeness (QED) is 0.262. The molecule has 5 fully saturated rings. The number of benzene rings is 3. The highest BCUT2D eigenvalue weighted by atomic mass is 35.5. The number of piperidine rings is 2. The third-order valence-electron chi connectivity index (χ3n) is 12.7. The minimum absolute atomic E-state index is 0.0513. The molecule has 4 saturated heterocycles. The average molecular weight is 805 g/mol. The van der Waals surface area contributed by atoms with Crippen LogP contribution in [-0.2, 0) is 14.4 Å². The van der Waals surface area contributed by atoms with Gasteiger partial charge in [-0.1, -0.05) is 11.6 Å². The predicted molar refractivity (Wildman–Crippen MR) is 218 cm³/mol. The van der Waals surface area contributed by atoms with Crippen LogP contribution in [0.5, 0.6) is 0 Å². The van der Waals surface area contributed by atoms with Crippen molar-refractivity contribution in [2.24, 2.45) is 5.92 Å². The minimum Gasteiger partial charge on any atom is -0.372 e. The third kappa shape index (κ3) is 6.32. The van der Waals surface area contributed by atoms with E-state index in [9.17, 15) is 29.2 Å². The van der Waals surface area contributed by atoms with E-state index in [2.05, 4.69) is 50.4 Å². The second-order valence-electron chi connectivity index (χ2n) is 15.8. The van der Waals surface area contributed by atoms with Gasteiger partial charge in [-0.2, -0.15) is 5.26 Å². The number of thiocarbonyl (C=S) groups is 1. The Bertz CT molecular complexity index is 2260. The number of rotatable bonds is 7. The number of anilines is 4. The molecule has 1 saturated carbocycles. The lowest BCUT2D eigenvalue weighted by molar-refractivity contribution is -0.136. The summed E-state index contributed by atoms with van der Waals surface area (Å²) in [6, 6.07) is 19.8. The van der Waals surface area contributed by atoms with E-state index in [4.69, 9.17) is 23.8 Å². The lowest BCUT2D eigenvalue weighted by atomic mass is 9.75. The van der Waals surface area contributed by atoms with E-state index in [0.29, 0.717) is 33.4 Å². The van der Waals surface area contributed by atoms with E-state index in [1.54, 1.807) is 35.2 Å². The number of nitrogens with one attached hydrogen (secondary N) is 1. The van der Waals surface area contributed by atoms with Crippen molar-refractivity contribution >= 4 is 81.2 Å². The second kappa shape index (κ2) is 14.5. The maximum Gasteiger partial charge on any atom is 0.262 e. The highest BCUT2D eigenvalue weighted by Gasteiger charge is 2.59. The van der Waals surface area contributed by atoms with Crippen molar-refractivity contribution in [3.8, 4) is 6.07 Å². The van der Waals surface area contributed by atoms with Gasteiger partial charge in [-0.15, -0.1) is 0 Å². The van der Waals surface area contributed by atoms with Gasteiger partial charge >= 0.3 is 0 Å². The van der Waals surface area contributed by atoms with E-state index in [1.807, 2.05) is 11.0 Å². The van der Waals surface area contributed by atoms with Crippen LogP contribution < -0.4 is 24.9 Å². The summed E-state index contributed by atoms with van der Waals surface area (Å²) in [5.74, 6) is -1.44. The molecule has 6 aliphatic rings. The first-order valence-corrected chi connectivity index (χ1v) is 20.4. The van der Waals surface area contributed by atoms with Crippen LogP contribution in [-0.4, -0.2) is 102 Å². The molecule has 0 bridgehead atoms. The number of fused-ring (bicyclic) bond motifs is 1. The monoisotopic (exact) mass is 804 g/mol. The molecule has 15 heteroatoms. The number of amides is 5. The Labute approximate surface area is 340 Å². The lowest BCUT2D eigenvalue weighted by Crippen LogP contribution is -2.55. The first-order valence-electron chi connectivity index (χ1n) is 19.6. The molecule has 57 heavy (non-hydrogen) atoms. The van der Waals surface area contributed by atoms with Gasteiger partial charge in [0.1, 0.15) is 17.6 Å². The third-order valence-corrected chi connectivity index (χ3v) is 13.4. The molecule has 3 aromatic rings. The Morgan fingerprint density at radius 2 is 1.42 bits per heavy atom. The van der Waals surface area contributed by atoms with E-state index >= 15 is 0 Å². The van der Waals surface area contributed by atoms with Gasteiger partial charge in [0.25, 0.3) is 17.7 Å². The van der Waals surface area contributed by atoms with Gasteiger partial charge < -0.3 is 14.7 Å². The van der Waals surface area contributed by atoms with Crippen molar-refractivity contribution in [2.75, 3.05) is 65.4 Å². The van der Waals surface area contributed by atoms with Gasteiger partial charge in [0.15, 0.2) is 5.11 Å². The largest absolute Gasteiger partial charge is 0.372 e. The predicted octanol–water partition coefficient (Wildman–Crippen LogP) is 4.71. The van der Waals surface area contributed by atoms with Gasteiger partial charge in [-0.05, 0) is 117 Å². The molecule has 5 aliphatic heterocycles. The van der Waals surface area contributed by atoms with Crippen LogP contribution in [0, 0.1) is 17.2 Å². The highest BCUT2D eigenvalue weighted by Crippen LogP contribution is 2.48. The fourth-order valence-corrected chi connectivity index (χ4v) is 10.0. The molecule has 292 valence electrons. The molecular weight excluding hydrogens is 764 g/mol. The van der Waals surface area contributed by atoms with E-state index < -0.39 is 35.2 Å². The fraction of sp³-hybridized carbons (Fsp3) is 0.405. The van der Waals surface area contributed by atoms with Crippen LogP contribution in [0.25, 0.3) is 0 Å². The zero-order valence-electron chi connectivity index (χ0n) is 31.3. The Kier molecular flexibility index (Phi) is 9.50. The summed E-state index contributed by atoms with van der Waals surface area (Å²) < 4.78 is 0. The van der Waals surface area contributed by atoms with Gasteiger partial charge in [-0.3, -0.25) is 44.0 Å². The summed E-state index contributed by atoms with van der Waals surface area (Å²) in [5, 5.41) is 12.3. The number of piperazine rings is 1. The summed E-state index contributed by atoms with van der Waals surface area (Å²) in [4.78, 5) is 76.2. The maximum atomic E-state index is 13.9. The highest BCUT2D eigenvalue weighted by molar-refractivity contribution is 7.81. The fourth-order valence-electron chi connectivity index (χ4n) is 9.34. The Morgan fingerprint density at radius 3 is 2.07 bits per heavy atom. The Balaban J connectivity index is 0.780. The molecule has 1 aliphatic carbocycles. The molecule has 5 amide bonds. The molecule has 1 atom stereocenters. The zero-order valence-corrected chi connectivity index (χ0v) is 32.9. The second-order valence-corrected chi connectivity index (χ2v) is 16.6. The molecule has 1 N–H and O–H groups in total. The van der Waals surface area contributed by atoms with Crippen LogP contribution in [0.2, 0.25) is 5.02 Å². The van der Waals surface area contributed by atoms with Crippen molar-refractivity contribution in [2.45, 2.75) is 56.5 Å². The van der Waals surface area contributed by atoms with Crippen LogP contribution in [0.4, 0.5) is 22.7 Å². The number of nitriles is 1. The summed E-state index contributed by atoms with van der Waals surface area (Å²) in [7, 11) is 0. The number of nitrogens with zero attached hydrogens (tertiary/aromatic N) is 7. The molecule has 1 unspecified atom stereocenters. The maximum absolute atomic E-state index is 13.9. The van der Waals surface area contributed by atoms with Crippen LogP contribution >= 0.6 is 23.8 Å². The lowest BCUT2D eigenvalue weighted by Gasteiger charge is -2.43. The number of halogens is 1. The number of imide groups is 2. The van der Waals surface area contributed by atoms with Crippen LogP contribution in [0.15, 0.2) is 60.7 Å². The standard InChI is InChI=1S/C42H41ClN8O5S/c43-34-23-31(3-2-27(34)24-44)49-40(56)42(14-1-15-42)51(41(49)57)29-6-4-28(5-7-29)47-16-12-26(13-17-47)25-46-18-20-48(21-19-46)30-8-9-32-33(22-30)39(55)50(38(32)54)35-10-11-36(52)45-37(35)53/h2-9,22-23,26,35H,1,10-21,25H2,(H,45,52,53). The first-order chi connectivity index (χ1) is 27.6. The molecule has 3 aromatic carbocycles. The van der Waals surface area contributed by atoms with Crippen molar-refractivity contribution in [1.29, 1.82) is 5.26 Å². The van der Waals surface area contributed by atoms with E-state index in [1.165, 1.54) is 0 Å². The van der Waals surface area contributed by atoms with Gasteiger partial charge in [0, 0.05) is 69.3 Å². The van der Waals surface area contributed by atoms with Crippen LogP contribution in [0.3, 0.4) is 0 Å². The molecule has 0 aromatic heterocycles. The number of hydrogen-bond acceptors (Lipinski definition) is 10. The van der Waals surface area contributed by atoms with Gasteiger partial charge in [0.05, 0.1) is 27.4 Å². The SMILES string of the molecule is N#Cc1ccc(N2C(=O)C3(CCC3)N(c3ccc(N4CCC(CN5CCN(c6ccc7c(c6)C(=O)N(C6CCC(=O)NC6=O)C7=O)CC5)CC4)cc3)C2=S)cc1Cl. The smallest absolute Gasteiger partial charge is 0.262 e. The van der Waals surface area contributed by atoms with Crippen molar-refractivity contribution in [1.82, 2.24) is 15.1 Å². The summed E-state index contributed by atoms with van der Waals surface area (Å²) >= 11 is 12.3. The summed E-state index contributed by atoms with van der Waals surface area (Å²) in [5.41, 5.74) is 3.74. The number of hydrogen-bond donors (Lipinski definition) is 1. The van der Waals surface area contributed by atoms with Gasteiger partial charge in [0.2, 0.25) is 11.8 Å². The summed E-state index contributed by atoms with van der Waals surface area (Å²) in [6.07, 6.45) is 4.79. The Morgan fingerprint density at radius 1 is 0.772 bits per heavy atom.